The third-order valence-electron chi connectivity index (χ3n) is 4.34. The van der Waals surface area contributed by atoms with Crippen LogP contribution in [-0.2, 0) is 16.6 Å². The predicted molar refractivity (Wildman–Crippen MR) is 87.9 cm³/mol. The van der Waals surface area contributed by atoms with E-state index in [9.17, 15) is 8.42 Å². The van der Waals surface area contributed by atoms with Crippen LogP contribution in [0.15, 0.2) is 10.3 Å². The minimum atomic E-state index is -3.37. The molecule has 0 aromatic carbocycles. The van der Waals surface area contributed by atoms with Crippen LogP contribution in [0.4, 0.5) is 0 Å². The van der Waals surface area contributed by atoms with Gasteiger partial charge in [0, 0.05) is 18.0 Å². The fourth-order valence-corrected chi connectivity index (χ4v) is 5.67. The summed E-state index contributed by atoms with van der Waals surface area (Å²) in [5.74, 6) is 1.45. The largest absolute Gasteiger partial charge is 0.326 e. The molecule has 0 saturated heterocycles. The van der Waals surface area contributed by atoms with Crippen molar-refractivity contribution in [2.75, 3.05) is 6.54 Å². The first-order valence-electron chi connectivity index (χ1n) is 7.71. The van der Waals surface area contributed by atoms with Crippen molar-refractivity contribution in [3.63, 3.8) is 0 Å². The van der Waals surface area contributed by atoms with E-state index in [1.807, 2.05) is 6.92 Å². The van der Waals surface area contributed by atoms with Gasteiger partial charge in [-0.3, -0.25) is 0 Å². The molecule has 3 N–H and O–H groups in total. The molecule has 1 heterocycles. The maximum Gasteiger partial charge on any atom is 0.250 e. The second-order valence-corrected chi connectivity index (χ2v) is 9.33. The summed E-state index contributed by atoms with van der Waals surface area (Å²) in [7, 11) is -3.37. The first-order chi connectivity index (χ1) is 9.92. The number of aryl methyl sites for hydroxylation is 1. The molecule has 2 rings (SSSR count). The summed E-state index contributed by atoms with van der Waals surface area (Å²) in [6.07, 6.45) is 6.01. The van der Waals surface area contributed by atoms with Gasteiger partial charge < -0.3 is 5.73 Å². The van der Waals surface area contributed by atoms with Gasteiger partial charge in [0.25, 0.3) is 0 Å². The van der Waals surface area contributed by atoms with E-state index in [-0.39, 0.29) is 0 Å². The molecule has 2 unspecified atom stereocenters. The van der Waals surface area contributed by atoms with Gasteiger partial charge in [-0.05, 0) is 43.2 Å². The van der Waals surface area contributed by atoms with Crippen molar-refractivity contribution in [3.8, 4) is 0 Å². The van der Waals surface area contributed by atoms with Crippen molar-refractivity contribution in [3.05, 3.63) is 16.5 Å². The van der Waals surface area contributed by atoms with Gasteiger partial charge in [0.1, 0.15) is 4.21 Å². The standard InChI is InChI=1S/C15H26N2O2S2/c1-11-4-3-5-13(8-11)6-7-17-21(18,19)15-9-12(2)14(10-16)20-15/h9,11,13,17H,3-8,10,16H2,1-2H3. The van der Waals surface area contributed by atoms with E-state index in [0.717, 1.165) is 22.8 Å². The van der Waals surface area contributed by atoms with Gasteiger partial charge in [-0.1, -0.05) is 26.2 Å². The lowest BCUT2D eigenvalue weighted by molar-refractivity contribution is 0.271. The quantitative estimate of drug-likeness (QED) is 0.842. The molecule has 6 heteroatoms. The minimum Gasteiger partial charge on any atom is -0.326 e. The number of thiophene rings is 1. The molecule has 1 aliphatic carbocycles. The van der Waals surface area contributed by atoms with Crippen LogP contribution in [0.25, 0.3) is 0 Å². The van der Waals surface area contributed by atoms with Crippen LogP contribution in [0.3, 0.4) is 0 Å². The summed E-state index contributed by atoms with van der Waals surface area (Å²) in [6, 6.07) is 1.72. The Morgan fingerprint density at radius 1 is 1.43 bits per heavy atom. The molecule has 0 aliphatic heterocycles. The average molecular weight is 331 g/mol. The van der Waals surface area contributed by atoms with E-state index in [1.165, 1.54) is 37.0 Å². The summed E-state index contributed by atoms with van der Waals surface area (Å²) in [4.78, 5) is 0.941. The highest BCUT2D eigenvalue weighted by molar-refractivity contribution is 7.91. The molecule has 0 spiro atoms. The molecular weight excluding hydrogens is 304 g/mol. The minimum absolute atomic E-state index is 0.387. The van der Waals surface area contributed by atoms with Crippen molar-refractivity contribution < 1.29 is 8.42 Å². The zero-order valence-corrected chi connectivity index (χ0v) is 14.5. The fraction of sp³-hybridized carbons (Fsp3) is 0.733. The Balaban J connectivity index is 1.89. The topological polar surface area (TPSA) is 72.2 Å². The maximum absolute atomic E-state index is 12.3. The van der Waals surface area contributed by atoms with Crippen molar-refractivity contribution >= 4 is 21.4 Å². The Kier molecular flexibility index (Phi) is 5.82. The van der Waals surface area contributed by atoms with Gasteiger partial charge in [0.15, 0.2) is 0 Å². The molecular formula is C15H26N2O2S2. The summed E-state index contributed by atoms with van der Waals surface area (Å²) < 4.78 is 27.7. The highest BCUT2D eigenvalue weighted by Gasteiger charge is 2.21. The van der Waals surface area contributed by atoms with Crippen molar-refractivity contribution in [1.29, 1.82) is 0 Å². The zero-order valence-electron chi connectivity index (χ0n) is 12.9. The highest BCUT2D eigenvalue weighted by Crippen LogP contribution is 2.30. The van der Waals surface area contributed by atoms with E-state index in [4.69, 9.17) is 5.73 Å². The number of nitrogens with one attached hydrogen (secondary N) is 1. The fourth-order valence-electron chi connectivity index (χ4n) is 3.11. The summed E-state index contributed by atoms with van der Waals surface area (Å²) in [5.41, 5.74) is 6.58. The van der Waals surface area contributed by atoms with Crippen LogP contribution in [0, 0.1) is 18.8 Å². The van der Waals surface area contributed by atoms with Crippen LogP contribution in [-0.4, -0.2) is 15.0 Å². The molecule has 0 radical (unpaired) electrons. The molecule has 1 fully saturated rings. The number of sulfonamides is 1. The molecule has 4 nitrogen and oxygen atoms in total. The van der Waals surface area contributed by atoms with Crippen LogP contribution in [0.5, 0.6) is 0 Å². The molecule has 0 amide bonds. The summed E-state index contributed by atoms with van der Waals surface area (Å²) >= 11 is 1.28. The molecule has 120 valence electrons. The van der Waals surface area contributed by atoms with Crippen molar-refractivity contribution in [1.82, 2.24) is 4.72 Å². The van der Waals surface area contributed by atoms with Gasteiger partial charge in [-0.2, -0.15) is 0 Å². The smallest absolute Gasteiger partial charge is 0.250 e. The lowest BCUT2D eigenvalue weighted by Gasteiger charge is -2.26. The molecule has 0 bridgehead atoms. The van der Waals surface area contributed by atoms with Gasteiger partial charge in [-0.25, -0.2) is 13.1 Å². The molecule has 21 heavy (non-hydrogen) atoms. The monoisotopic (exact) mass is 330 g/mol. The Hall–Kier alpha value is -0.430. The Bertz CT molecular complexity index is 566. The van der Waals surface area contributed by atoms with Crippen molar-refractivity contribution in [2.45, 2.75) is 56.7 Å². The lowest BCUT2D eigenvalue weighted by Crippen LogP contribution is -2.26. The second-order valence-electron chi connectivity index (χ2n) is 6.20. The second kappa shape index (κ2) is 7.22. The van der Waals surface area contributed by atoms with Crippen LogP contribution >= 0.6 is 11.3 Å². The Morgan fingerprint density at radius 3 is 2.81 bits per heavy atom. The van der Waals surface area contributed by atoms with Gasteiger partial charge >= 0.3 is 0 Å². The van der Waals surface area contributed by atoms with Crippen LogP contribution < -0.4 is 10.5 Å². The number of hydrogen-bond acceptors (Lipinski definition) is 4. The van der Waals surface area contributed by atoms with E-state index in [1.54, 1.807) is 6.07 Å². The number of nitrogens with two attached hydrogens (primary N) is 1. The van der Waals surface area contributed by atoms with Crippen molar-refractivity contribution in [2.24, 2.45) is 17.6 Å². The van der Waals surface area contributed by atoms with Gasteiger partial charge in [-0.15, -0.1) is 11.3 Å². The lowest BCUT2D eigenvalue weighted by atomic mass is 9.81. The third-order valence-corrected chi connectivity index (χ3v) is 7.53. The van der Waals surface area contributed by atoms with E-state index in [2.05, 4.69) is 11.6 Å². The number of hydrogen-bond donors (Lipinski definition) is 2. The predicted octanol–water partition coefficient (Wildman–Crippen LogP) is 3.01. The third kappa shape index (κ3) is 4.52. The van der Waals surface area contributed by atoms with E-state index in [0.29, 0.717) is 23.2 Å². The maximum atomic E-state index is 12.3. The SMILES string of the molecule is Cc1cc(S(=O)(=O)NCCC2CCCC(C)C2)sc1CN. The van der Waals surface area contributed by atoms with Crippen LogP contribution in [0.1, 0.15) is 49.5 Å². The zero-order chi connectivity index (χ0) is 15.5. The normalized spacial score (nSPS) is 23.4. The molecule has 1 saturated carbocycles. The Morgan fingerprint density at radius 2 is 2.19 bits per heavy atom. The van der Waals surface area contributed by atoms with E-state index < -0.39 is 10.0 Å². The van der Waals surface area contributed by atoms with Gasteiger partial charge in [0.2, 0.25) is 10.0 Å². The summed E-state index contributed by atoms with van der Waals surface area (Å²) in [6.45, 7) is 5.13. The van der Waals surface area contributed by atoms with Gasteiger partial charge in [0.05, 0.1) is 0 Å². The van der Waals surface area contributed by atoms with E-state index >= 15 is 0 Å². The first-order valence-corrected chi connectivity index (χ1v) is 10.0. The Labute approximate surface area is 132 Å². The molecule has 2 atom stereocenters. The van der Waals surface area contributed by atoms with Crippen LogP contribution in [0.2, 0.25) is 0 Å². The molecule has 1 aliphatic rings. The number of rotatable bonds is 6. The first kappa shape index (κ1) is 16.9. The molecule has 1 aromatic rings. The highest BCUT2D eigenvalue weighted by atomic mass is 32.2. The molecule has 1 aromatic heterocycles. The average Bonchev–Trinajstić information content (AvgIpc) is 2.81. The summed E-state index contributed by atoms with van der Waals surface area (Å²) in [5, 5.41) is 0.